The van der Waals surface area contributed by atoms with Crippen LogP contribution in [0, 0.1) is 24.7 Å². The molecule has 1 amide bonds. The van der Waals surface area contributed by atoms with Gasteiger partial charge in [0.1, 0.15) is 5.75 Å². The van der Waals surface area contributed by atoms with Crippen molar-refractivity contribution < 1.29 is 9.53 Å². The number of hydrogen-bond donors (Lipinski definition) is 1. The fraction of sp³-hybridized carbons (Fsp3) is 0.682. The zero-order chi connectivity index (χ0) is 18.2. The third-order valence-corrected chi connectivity index (χ3v) is 6.13. The van der Waals surface area contributed by atoms with Crippen molar-refractivity contribution in [3.8, 4) is 5.75 Å². The van der Waals surface area contributed by atoms with Crippen LogP contribution in [0.4, 0.5) is 0 Å². The average molecular weight is 344 g/mol. The van der Waals surface area contributed by atoms with Crippen LogP contribution in [0.3, 0.4) is 0 Å². The maximum atomic E-state index is 12.4. The SMILES string of the molecule is Cc1ccc(OCC(=O)N[C@@H](C)[C@@H]2C[C@@H]3CC[C@@H]2C3)c(C(C)(C)C)c1. The summed E-state index contributed by atoms with van der Waals surface area (Å²) >= 11 is 0. The van der Waals surface area contributed by atoms with E-state index < -0.39 is 0 Å². The zero-order valence-electron chi connectivity index (χ0n) is 16.4. The second kappa shape index (κ2) is 7.01. The van der Waals surface area contributed by atoms with Gasteiger partial charge in [0.2, 0.25) is 0 Å². The Balaban J connectivity index is 1.56. The smallest absolute Gasteiger partial charge is 0.258 e. The second-order valence-electron chi connectivity index (χ2n) is 9.23. The lowest BCUT2D eigenvalue weighted by molar-refractivity contribution is -0.124. The number of amides is 1. The highest BCUT2D eigenvalue weighted by Crippen LogP contribution is 2.49. The first kappa shape index (κ1) is 18.3. The van der Waals surface area contributed by atoms with Gasteiger partial charge in [0.05, 0.1) is 0 Å². The van der Waals surface area contributed by atoms with Crippen LogP contribution in [0.15, 0.2) is 18.2 Å². The number of ether oxygens (including phenoxy) is 1. The quantitative estimate of drug-likeness (QED) is 0.847. The van der Waals surface area contributed by atoms with Crippen molar-refractivity contribution in [1.29, 1.82) is 0 Å². The highest BCUT2D eigenvalue weighted by molar-refractivity contribution is 5.77. The van der Waals surface area contributed by atoms with Crippen LogP contribution in [0.25, 0.3) is 0 Å². The fourth-order valence-electron chi connectivity index (χ4n) is 4.81. The molecule has 2 aliphatic rings. The van der Waals surface area contributed by atoms with Gasteiger partial charge in [-0.25, -0.2) is 0 Å². The molecular formula is C22H33NO2. The van der Waals surface area contributed by atoms with Crippen LogP contribution in [0.5, 0.6) is 5.75 Å². The summed E-state index contributed by atoms with van der Waals surface area (Å²) in [4.78, 5) is 12.4. The predicted molar refractivity (Wildman–Crippen MR) is 102 cm³/mol. The number of hydrogen-bond acceptors (Lipinski definition) is 2. The molecule has 1 aromatic rings. The topological polar surface area (TPSA) is 38.3 Å². The first-order chi connectivity index (χ1) is 11.7. The second-order valence-corrected chi connectivity index (χ2v) is 9.23. The molecule has 0 unspecified atom stereocenters. The fourth-order valence-corrected chi connectivity index (χ4v) is 4.81. The normalized spacial score (nSPS) is 26.5. The van der Waals surface area contributed by atoms with Gasteiger partial charge in [-0.15, -0.1) is 0 Å². The molecule has 2 fully saturated rings. The van der Waals surface area contributed by atoms with E-state index in [1.807, 2.05) is 12.1 Å². The molecule has 0 heterocycles. The minimum Gasteiger partial charge on any atom is -0.483 e. The van der Waals surface area contributed by atoms with E-state index in [4.69, 9.17) is 4.74 Å². The summed E-state index contributed by atoms with van der Waals surface area (Å²) in [5.74, 6) is 3.21. The largest absolute Gasteiger partial charge is 0.483 e. The molecular weight excluding hydrogens is 310 g/mol. The molecule has 0 aliphatic heterocycles. The summed E-state index contributed by atoms with van der Waals surface area (Å²) in [5, 5.41) is 3.18. The van der Waals surface area contributed by atoms with E-state index in [2.05, 4.69) is 46.0 Å². The Morgan fingerprint density at radius 3 is 2.64 bits per heavy atom. The molecule has 0 radical (unpaired) electrons. The van der Waals surface area contributed by atoms with Crippen molar-refractivity contribution in [2.24, 2.45) is 17.8 Å². The Morgan fingerprint density at radius 1 is 1.28 bits per heavy atom. The van der Waals surface area contributed by atoms with Crippen molar-refractivity contribution in [3.63, 3.8) is 0 Å². The first-order valence-corrected chi connectivity index (χ1v) is 9.77. The zero-order valence-corrected chi connectivity index (χ0v) is 16.4. The predicted octanol–water partition coefficient (Wildman–Crippen LogP) is 4.61. The van der Waals surface area contributed by atoms with Crippen LogP contribution in [-0.2, 0) is 10.2 Å². The van der Waals surface area contributed by atoms with E-state index in [1.165, 1.54) is 31.2 Å². The van der Waals surface area contributed by atoms with Gasteiger partial charge in [0.25, 0.3) is 5.91 Å². The summed E-state index contributed by atoms with van der Waals surface area (Å²) in [6.45, 7) is 10.9. The summed E-state index contributed by atoms with van der Waals surface area (Å²) in [6.07, 6.45) is 5.41. The summed E-state index contributed by atoms with van der Waals surface area (Å²) < 4.78 is 5.89. The Kier molecular flexibility index (Phi) is 5.13. The van der Waals surface area contributed by atoms with E-state index in [1.54, 1.807) is 0 Å². The molecule has 0 saturated heterocycles. The van der Waals surface area contributed by atoms with Crippen molar-refractivity contribution in [3.05, 3.63) is 29.3 Å². The molecule has 1 N–H and O–H groups in total. The minimum absolute atomic E-state index is 0.00397. The molecule has 2 saturated carbocycles. The molecule has 3 heteroatoms. The van der Waals surface area contributed by atoms with Crippen molar-refractivity contribution in [2.45, 2.75) is 71.8 Å². The van der Waals surface area contributed by atoms with Gasteiger partial charge in [-0.3, -0.25) is 4.79 Å². The third kappa shape index (κ3) is 4.19. The lowest BCUT2D eigenvalue weighted by atomic mass is 9.84. The number of carbonyl (C=O) groups is 1. The van der Waals surface area contributed by atoms with Crippen LogP contribution in [0.2, 0.25) is 0 Å². The summed E-state index contributed by atoms with van der Waals surface area (Å²) in [6, 6.07) is 6.44. The van der Waals surface area contributed by atoms with Crippen molar-refractivity contribution >= 4 is 5.91 Å². The minimum atomic E-state index is -0.00575. The molecule has 3 nitrogen and oxygen atoms in total. The van der Waals surface area contributed by atoms with Gasteiger partial charge in [-0.2, -0.15) is 0 Å². The maximum Gasteiger partial charge on any atom is 0.258 e. The monoisotopic (exact) mass is 343 g/mol. The molecule has 4 atom stereocenters. The highest BCUT2D eigenvalue weighted by Gasteiger charge is 2.42. The number of nitrogens with one attached hydrogen (secondary N) is 1. The Morgan fingerprint density at radius 2 is 2.04 bits per heavy atom. The number of aryl methyl sites for hydroxylation is 1. The summed E-state index contributed by atoms with van der Waals surface area (Å²) in [7, 11) is 0. The van der Waals surface area contributed by atoms with Gasteiger partial charge in [-0.1, -0.05) is 44.9 Å². The van der Waals surface area contributed by atoms with Crippen LogP contribution >= 0.6 is 0 Å². The van der Waals surface area contributed by atoms with Gasteiger partial charge in [0, 0.05) is 6.04 Å². The molecule has 2 bridgehead atoms. The maximum absolute atomic E-state index is 12.4. The lowest BCUT2D eigenvalue weighted by Crippen LogP contribution is -2.42. The Hall–Kier alpha value is -1.51. The average Bonchev–Trinajstić information content (AvgIpc) is 3.15. The molecule has 2 aliphatic carbocycles. The molecule has 138 valence electrons. The van der Waals surface area contributed by atoms with Gasteiger partial charge in [-0.05, 0) is 67.9 Å². The molecule has 0 aromatic heterocycles. The number of rotatable bonds is 5. The van der Waals surface area contributed by atoms with Crippen molar-refractivity contribution in [2.75, 3.05) is 6.61 Å². The van der Waals surface area contributed by atoms with E-state index in [-0.39, 0.29) is 24.0 Å². The number of carbonyl (C=O) groups excluding carboxylic acids is 1. The van der Waals surface area contributed by atoms with Gasteiger partial charge >= 0.3 is 0 Å². The third-order valence-electron chi connectivity index (χ3n) is 6.13. The molecule has 0 spiro atoms. The lowest BCUT2D eigenvalue weighted by Gasteiger charge is -2.28. The molecule has 25 heavy (non-hydrogen) atoms. The van der Waals surface area contributed by atoms with Crippen molar-refractivity contribution in [1.82, 2.24) is 5.32 Å². The van der Waals surface area contributed by atoms with Crippen LogP contribution in [-0.4, -0.2) is 18.6 Å². The van der Waals surface area contributed by atoms with E-state index in [9.17, 15) is 4.79 Å². The van der Waals surface area contributed by atoms with E-state index in [0.717, 1.165) is 23.1 Å². The number of benzene rings is 1. The first-order valence-electron chi connectivity index (χ1n) is 9.77. The summed E-state index contributed by atoms with van der Waals surface area (Å²) in [5.41, 5.74) is 2.36. The van der Waals surface area contributed by atoms with Gasteiger partial charge < -0.3 is 10.1 Å². The van der Waals surface area contributed by atoms with Crippen LogP contribution in [0.1, 0.15) is 64.5 Å². The van der Waals surface area contributed by atoms with Crippen LogP contribution < -0.4 is 10.1 Å². The molecule has 1 aromatic carbocycles. The highest BCUT2D eigenvalue weighted by atomic mass is 16.5. The Bertz CT molecular complexity index is 631. The van der Waals surface area contributed by atoms with Gasteiger partial charge in [0.15, 0.2) is 6.61 Å². The Labute approximate surface area is 152 Å². The molecule has 3 rings (SSSR count). The number of fused-ring (bicyclic) bond motifs is 2. The standard InChI is InChI=1S/C22H33NO2/c1-14-6-9-20(19(10-14)22(3,4)5)25-13-21(24)23-15(2)18-12-16-7-8-17(18)11-16/h6,9-10,15-18H,7-8,11-13H2,1-5H3,(H,23,24)/t15-,16+,17+,18-/m0/s1. The van der Waals surface area contributed by atoms with E-state index in [0.29, 0.717) is 5.92 Å². The van der Waals surface area contributed by atoms with E-state index >= 15 is 0 Å².